The van der Waals surface area contributed by atoms with Gasteiger partial charge >= 0.3 is 5.63 Å². The van der Waals surface area contributed by atoms with Crippen molar-refractivity contribution in [2.75, 3.05) is 18.0 Å². The van der Waals surface area contributed by atoms with Crippen molar-refractivity contribution < 1.29 is 9.52 Å². The monoisotopic (exact) mass is 285 g/mol. The van der Waals surface area contributed by atoms with Crippen molar-refractivity contribution in [2.45, 2.75) is 26.7 Å². The van der Waals surface area contributed by atoms with Crippen LogP contribution in [0.4, 0.5) is 5.69 Å². The molecule has 0 unspecified atom stereocenters. The van der Waals surface area contributed by atoms with Gasteiger partial charge in [-0.25, -0.2) is 4.79 Å². The normalized spacial score (nSPS) is 13.5. The van der Waals surface area contributed by atoms with Crippen molar-refractivity contribution in [3.05, 3.63) is 45.8 Å². The Hall–Kier alpha value is -2.23. The van der Waals surface area contributed by atoms with E-state index in [0.717, 1.165) is 42.6 Å². The Morgan fingerprint density at radius 3 is 2.57 bits per heavy atom. The summed E-state index contributed by atoms with van der Waals surface area (Å²) in [7, 11) is 0. The summed E-state index contributed by atoms with van der Waals surface area (Å²) < 4.78 is 5.40. The molecule has 1 fully saturated rings. The second-order valence-corrected chi connectivity index (χ2v) is 5.29. The predicted octanol–water partition coefficient (Wildman–Crippen LogP) is 3.70. The fourth-order valence-electron chi connectivity index (χ4n) is 2.54. The zero-order valence-corrected chi connectivity index (χ0v) is 12.3. The number of allylic oxidation sites excluding steroid dienone is 1. The van der Waals surface area contributed by atoms with Crippen LogP contribution in [0, 0.1) is 0 Å². The Labute approximate surface area is 123 Å². The molecule has 3 rings (SSSR count). The molecular formula is C17H19NO3. The van der Waals surface area contributed by atoms with Gasteiger partial charge in [0.25, 0.3) is 0 Å². The second-order valence-electron chi connectivity index (χ2n) is 5.29. The first-order chi connectivity index (χ1) is 10.1. The van der Waals surface area contributed by atoms with E-state index in [4.69, 9.17) is 4.42 Å². The molecule has 1 aliphatic carbocycles. The van der Waals surface area contributed by atoms with Gasteiger partial charge < -0.3 is 14.4 Å². The third-order valence-electron chi connectivity index (χ3n) is 3.94. The van der Waals surface area contributed by atoms with Crippen LogP contribution in [0.15, 0.2) is 39.1 Å². The second kappa shape index (κ2) is 5.28. The van der Waals surface area contributed by atoms with Gasteiger partial charge in [-0.1, -0.05) is 0 Å². The summed E-state index contributed by atoms with van der Waals surface area (Å²) in [6.07, 6.45) is 1.73. The maximum atomic E-state index is 12.1. The molecule has 1 heterocycles. The summed E-state index contributed by atoms with van der Waals surface area (Å²) in [5.41, 5.74) is 2.32. The van der Waals surface area contributed by atoms with Crippen LogP contribution in [0.25, 0.3) is 16.7 Å². The molecule has 0 bridgehead atoms. The van der Waals surface area contributed by atoms with Gasteiger partial charge in [0, 0.05) is 30.2 Å². The van der Waals surface area contributed by atoms with Crippen molar-refractivity contribution in [3.8, 4) is 0 Å². The van der Waals surface area contributed by atoms with E-state index in [9.17, 15) is 9.90 Å². The summed E-state index contributed by atoms with van der Waals surface area (Å²) in [5.74, 6) is 0.0958. The predicted molar refractivity (Wildman–Crippen MR) is 84.8 cm³/mol. The van der Waals surface area contributed by atoms with E-state index < -0.39 is 5.63 Å². The fraction of sp³-hybridized carbons (Fsp3) is 0.353. The summed E-state index contributed by atoms with van der Waals surface area (Å²) in [4.78, 5) is 14.2. The van der Waals surface area contributed by atoms with E-state index in [1.54, 1.807) is 6.07 Å². The van der Waals surface area contributed by atoms with E-state index in [1.165, 1.54) is 0 Å². The maximum Gasteiger partial charge on any atom is 0.347 e. The van der Waals surface area contributed by atoms with E-state index in [2.05, 4.69) is 18.7 Å². The third kappa shape index (κ3) is 2.53. The summed E-state index contributed by atoms with van der Waals surface area (Å²) in [6.45, 7) is 5.98. The quantitative estimate of drug-likeness (QED) is 0.687. The summed E-state index contributed by atoms with van der Waals surface area (Å²) in [6, 6.07) is 7.54. The molecule has 1 N–H and O–H groups in total. The number of nitrogens with zero attached hydrogens (tertiary/aromatic N) is 1. The Morgan fingerprint density at radius 2 is 1.95 bits per heavy atom. The van der Waals surface area contributed by atoms with Crippen LogP contribution >= 0.6 is 0 Å². The number of hydrogen-bond donors (Lipinski definition) is 1. The number of fused-ring (bicyclic) bond motifs is 1. The van der Waals surface area contributed by atoms with Crippen LogP contribution < -0.4 is 10.5 Å². The number of aliphatic hydroxyl groups is 1. The molecule has 21 heavy (non-hydrogen) atoms. The molecule has 1 aliphatic rings. The SMILES string of the molecule is CCN(CC)c1ccc2cc(C(O)=C3CC3)c(=O)oc2c1. The minimum Gasteiger partial charge on any atom is -0.507 e. The smallest absolute Gasteiger partial charge is 0.347 e. The minimum absolute atomic E-state index is 0.0958. The van der Waals surface area contributed by atoms with Gasteiger partial charge in [0.2, 0.25) is 0 Å². The van der Waals surface area contributed by atoms with Crippen molar-refractivity contribution in [3.63, 3.8) is 0 Å². The number of anilines is 1. The average molecular weight is 285 g/mol. The van der Waals surface area contributed by atoms with Gasteiger partial charge in [-0.2, -0.15) is 0 Å². The molecule has 0 atom stereocenters. The van der Waals surface area contributed by atoms with Gasteiger partial charge in [-0.3, -0.25) is 0 Å². The lowest BCUT2D eigenvalue weighted by Gasteiger charge is -2.21. The molecule has 0 saturated heterocycles. The van der Waals surface area contributed by atoms with Gasteiger partial charge in [0.05, 0.1) is 0 Å². The summed E-state index contributed by atoms with van der Waals surface area (Å²) >= 11 is 0. The zero-order valence-electron chi connectivity index (χ0n) is 12.3. The van der Waals surface area contributed by atoms with Gasteiger partial charge in [0.1, 0.15) is 16.9 Å². The van der Waals surface area contributed by atoms with E-state index in [1.807, 2.05) is 18.2 Å². The first kappa shape index (κ1) is 13.7. The Balaban J connectivity index is 2.10. The molecule has 0 spiro atoms. The van der Waals surface area contributed by atoms with E-state index in [-0.39, 0.29) is 11.3 Å². The number of hydrogen-bond acceptors (Lipinski definition) is 4. The van der Waals surface area contributed by atoms with E-state index in [0.29, 0.717) is 5.58 Å². The highest BCUT2D eigenvalue weighted by molar-refractivity contribution is 5.83. The molecular weight excluding hydrogens is 266 g/mol. The Kier molecular flexibility index (Phi) is 3.45. The lowest BCUT2D eigenvalue weighted by Crippen LogP contribution is -2.21. The molecule has 2 aromatic rings. The van der Waals surface area contributed by atoms with Crippen LogP contribution in [-0.2, 0) is 0 Å². The van der Waals surface area contributed by atoms with Crippen molar-refractivity contribution >= 4 is 22.4 Å². The Morgan fingerprint density at radius 1 is 1.24 bits per heavy atom. The molecule has 110 valence electrons. The van der Waals surface area contributed by atoms with Gasteiger partial charge in [-0.15, -0.1) is 0 Å². The molecule has 1 aromatic carbocycles. The fourth-order valence-corrected chi connectivity index (χ4v) is 2.54. The molecule has 4 heteroatoms. The highest BCUT2D eigenvalue weighted by atomic mass is 16.4. The molecule has 0 amide bonds. The lowest BCUT2D eigenvalue weighted by atomic mass is 10.1. The molecule has 0 aliphatic heterocycles. The summed E-state index contributed by atoms with van der Waals surface area (Å²) in [5, 5.41) is 10.9. The first-order valence-electron chi connectivity index (χ1n) is 7.38. The molecule has 0 radical (unpaired) electrons. The van der Waals surface area contributed by atoms with Crippen LogP contribution in [0.3, 0.4) is 0 Å². The number of rotatable bonds is 4. The van der Waals surface area contributed by atoms with Crippen LogP contribution in [0.5, 0.6) is 0 Å². The topological polar surface area (TPSA) is 53.7 Å². The number of aliphatic hydroxyl groups excluding tert-OH is 1. The van der Waals surface area contributed by atoms with Crippen molar-refractivity contribution in [1.29, 1.82) is 0 Å². The van der Waals surface area contributed by atoms with E-state index >= 15 is 0 Å². The van der Waals surface area contributed by atoms with Crippen LogP contribution in [-0.4, -0.2) is 18.2 Å². The molecule has 1 saturated carbocycles. The van der Waals surface area contributed by atoms with Crippen LogP contribution in [0.1, 0.15) is 32.3 Å². The minimum atomic E-state index is -0.476. The van der Waals surface area contributed by atoms with Gasteiger partial charge in [-0.05, 0) is 50.5 Å². The first-order valence-corrected chi connectivity index (χ1v) is 7.38. The zero-order chi connectivity index (χ0) is 15.0. The highest BCUT2D eigenvalue weighted by Crippen LogP contribution is 2.34. The standard InChI is InChI=1S/C17H19NO3/c1-3-18(4-2)13-8-7-12-9-14(16(19)11-5-6-11)17(20)21-15(12)10-13/h7-10,19H,3-6H2,1-2H3. The third-order valence-corrected chi connectivity index (χ3v) is 3.94. The average Bonchev–Trinajstić information content (AvgIpc) is 3.31. The Bertz CT molecular complexity index is 763. The maximum absolute atomic E-state index is 12.1. The largest absolute Gasteiger partial charge is 0.507 e. The lowest BCUT2D eigenvalue weighted by molar-refractivity contribution is 0.495. The van der Waals surface area contributed by atoms with Crippen LogP contribution in [0.2, 0.25) is 0 Å². The van der Waals surface area contributed by atoms with Gasteiger partial charge in [0.15, 0.2) is 0 Å². The van der Waals surface area contributed by atoms with Crippen molar-refractivity contribution in [1.82, 2.24) is 0 Å². The highest BCUT2D eigenvalue weighted by Gasteiger charge is 2.21. The molecule has 4 nitrogen and oxygen atoms in total. The molecule has 1 aromatic heterocycles. The van der Waals surface area contributed by atoms with Crippen molar-refractivity contribution in [2.24, 2.45) is 0 Å². The number of benzene rings is 1.